The molecule has 5 rings (SSSR count). The first-order chi connectivity index (χ1) is 19.3. The van der Waals surface area contributed by atoms with Gasteiger partial charge in [0.2, 0.25) is 0 Å². The van der Waals surface area contributed by atoms with Crippen LogP contribution in [0.25, 0.3) is 11.3 Å². The van der Waals surface area contributed by atoms with Gasteiger partial charge in [0.15, 0.2) is 5.69 Å². The van der Waals surface area contributed by atoms with Gasteiger partial charge in [0.1, 0.15) is 0 Å². The minimum Gasteiger partial charge on any atom is -0.377 e. The first-order valence-corrected chi connectivity index (χ1v) is 13.0. The van der Waals surface area contributed by atoms with Crippen LogP contribution in [-0.2, 0) is 10.9 Å². The summed E-state index contributed by atoms with van der Waals surface area (Å²) in [5.41, 5.74) is 0.653. The van der Waals surface area contributed by atoms with Crippen molar-refractivity contribution in [2.75, 3.05) is 63.7 Å². The Bertz CT molecular complexity index is 1380. The van der Waals surface area contributed by atoms with Gasteiger partial charge in [-0.15, -0.1) is 0 Å². The number of likely N-dealkylation sites (N-methyl/N-ethyl adjacent to an activating group) is 2. The number of halogens is 3. The fraction of sp³-hybridized carbons (Fsp3) is 0.407. The highest BCUT2D eigenvalue weighted by Gasteiger charge is 2.41. The average molecular weight is 557 g/mol. The first kappa shape index (κ1) is 27.7. The van der Waals surface area contributed by atoms with Crippen LogP contribution < -0.4 is 15.5 Å². The van der Waals surface area contributed by atoms with Crippen LogP contribution in [0.2, 0.25) is 0 Å². The number of ether oxygens (including phenoxy) is 1. The van der Waals surface area contributed by atoms with Crippen LogP contribution in [0.15, 0.2) is 48.9 Å². The van der Waals surface area contributed by atoms with Gasteiger partial charge in [0, 0.05) is 38.4 Å². The first-order valence-electron chi connectivity index (χ1n) is 13.0. The Balaban J connectivity index is 1.56. The SMILES string of the molecule is CNC[C@H]1CN(c2c(NC(=O)c3ccn(-c4ccnnc4)n3)ccc(C3=CCOCC3)c2C(F)(F)F)CCN1C. The number of hydrogen-bond acceptors (Lipinski definition) is 8. The molecule has 0 bridgehead atoms. The molecule has 4 heterocycles. The molecule has 0 aliphatic carbocycles. The molecule has 1 aromatic carbocycles. The summed E-state index contributed by atoms with van der Waals surface area (Å²) < 4.78 is 51.6. The fourth-order valence-electron chi connectivity index (χ4n) is 5.15. The van der Waals surface area contributed by atoms with E-state index in [9.17, 15) is 18.0 Å². The number of aromatic nitrogens is 4. The molecule has 1 fully saturated rings. The van der Waals surface area contributed by atoms with Crippen LogP contribution in [0.3, 0.4) is 0 Å². The van der Waals surface area contributed by atoms with Crippen molar-refractivity contribution in [1.82, 2.24) is 30.2 Å². The number of piperazine rings is 1. The summed E-state index contributed by atoms with van der Waals surface area (Å²) in [6.45, 7) is 2.53. The molecular formula is C27H31F3N8O2. The van der Waals surface area contributed by atoms with Gasteiger partial charge < -0.3 is 20.3 Å². The topological polar surface area (TPSA) is 100 Å². The van der Waals surface area contributed by atoms with E-state index in [0.717, 1.165) is 0 Å². The third-order valence-corrected chi connectivity index (χ3v) is 7.21. The molecule has 3 aromatic rings. The number of rotatable bonds is 7. The second-order valence-corrected chi connectivity index (χ2v) is 9.77. The normalized spacial score (nSPS) is 18.5. The van der Waals surface area contributed by atoms with Crippen LogP contribution in [0.1, 0.15) is 28.0 Å². The fourth-order valence-corrected chi connectivity index (χ4v) is 5.15. The summed E-state index contributed by atoms with van der Waals surface area (Å²) in [6, 6.07) is 6.16. The van der Waals surface area contributed by atoms with Crippen molar-refractivity contribution in [3.8, 4) is 5.69 Å². The largest absolute Gasteiger partial charge is 0.419 e. The van der Waals surface area contributed by atoms with Crippen molar-refractivity contribution < 1.29 is 22.7 Å². The van der Waals surface area contributed by atoms with E-state index in [-0.39, 0.29) is 35.3 Å². The van der Waals surface area contributed by atoms with Crippen molar-refractivity contribution in [3.05, 3.63) is 65.8 Å². The van der Waals surface area contributed by atoms with E-state index < -0.39 is 17.6 Å². The molecule has 1 saturated heterocycles. The monoisotopic (exact) mass is 556 g/mol. The molecule has 0 spiro atoms. The van der Waals surface area contributed by atoms with E-state index in [2.05, 4.69) is 30.8 Å². The number of hydrogen-bond donors (Lipinski definition) is 2. The lowest BCUT2D eigenvalue weighted by Crippen LogP contribution is -2.55. The van der Waals surface area contributed by atoms with Crippen LogP contribution >= 0.6 is 0 Å². The van der Waals surface area contributed by atoms with E-state index in [0.29, 0.717) is 50.5 Å². The third kappa shape index (κ3) is 5.86. The van der Waals surface area contributed by atoms with Gasteiger partial charge in [-0.05, 0) is 49.9 Å². The molecule has 212 valence electrons. The summed E-state index contributed by atoms with van der Waals surface area (Å²) in [5.74, 6) is -0.617. The second-order valence-electron chi connectivity index (χ2n) is 9.77. The number of anilines is 2. The zero-order chi connectivity index (χ0) is 28.3. The lowest BCUT2D eigenvalue weighted by molar-refractivity contribution is -0.137. The van der Waals surface area contributed by atoms with Gasteiger partial charge in [0.25, 0.3) is 5.91 Å². The summed E-state index contributed by atoms with van der Waals surface area (Å²) in [5, 5.41) is 17.7. The van der Waals surface area contributed by atoms with Crippen molar-refractivity contribution in [2.24, 2.45) is 0 Å². The van der Waals surface area contributed by atoms with Gasteiger partial charge in [-0.1, -0.05) is 12.1 Å². The van der Waals surface area contributed by atoms with E-state index >= 15 is 0 Å². The van der Waals surface area contributed by atoms with Gasteiger partial charge >= 0.3 is 6.18 Å². The Kier molecular flexibility index (Phi) is 8.14. The highest BCUT2D eigenvalue weighted by molar-refractivity contribution is 6.05. The van der Waals surface area contributed by atoms with E-state index in [1.165, 1.54) is 29.2 Å². The molecule has 2 aliphatic rings. The van der Waals surface area contributed by atoms with Crippen molar-refractivity contribution in [3.63, 3.8) is 0 Å². The molecule has 0 radical (unpaired) electrons. The predicted octanol–water partition coefficient (Wildman–Crippen LogP) is 3.08. The molecule has 0 saturated carbocycles. The third-order valence-electron chi connectivity index (χ3n) is 7.21. The minimum atomic E-state index is -4.66. The standard InChI is InChI=1S/C27H31F3N8O2/c1-31-15-20-17-37(12-11-36(20)2)25-22(4-3-21(24(25)27(28,29)30)18-7-13-40-14-8-18)34-26(39)23-6-10-38(35-23)19-5-9-32-33-16-19/h3-7,9-10,16,20,31H,8,11-15,17H2,1-2H3,(H,34,39)/t20-/m0/s1. The number of benzene rings is 1. The molecule has 2 aliphatic heterocycles. The van der Waals surface area contributed by atoms with E-state index in [1.54, 1.807) is 29.3 Å². The van der Waals surface area contributed by atoms with Gasteiger partial charge in [-0.2, -0.15) is 28.5 Å². The number of carbonyl (C=O) groups is 1. The number of alkyl halides is 3. The maximum Gasteiger partial charge on any atom is 0.419 e. The molecule has 1 atom stereocenters. The van der Waals surface area contributed by atoms with Crippen LogP contribution in [0, 0.1) is 0 Å². The zero-order valence-electron chi connectivity index (χ0n) is 22.3. The lowest BCUT2D eigenvalue weighted by Gasteiger charge is -2.42. The number of amides is 1. The highest BCUT2D eigenvalue weighted by atomic mass is 19.4. The van der Waals surface area contributed by atoms with Crippen LogP contribution in [0.5, 0.6) is 0 Å². The maximum atomic E-state index is 14.9. The van der Waals surface area contributed by atoms with Gasteiger partial charge in [-0.25, -0.2) is 4.68 Å². The molecule has 2 aromatic heterocycles. The Morgan fingerprint density at radius 1 is 1.18 bits per heavy atom. The Morgan fingerprint density at radius 3 is 2.73 bits per heavy atom. The number of nitrogens with zero attached hydrogens (tertiary/aromatic N) is 6. The Labute approximate surface area is 229 Å². The molecule has 10 nitrogen and oxygen atoms in total. The number of carbonyl (C=O) groups excluding carboxylic acids is 1. The second kappa shape index (κ2) is 11.7. The molecule has 0 unspecified atom stereocenters. The van der Waals surface area contributed by atoms with Crippen LogP contribution in [0.4, 0.5) is 24.5 Å². The predicted molar refractivity (Wildman–Crippen MR) is 145 cm³/mol. The quantitative estimate of drug-likeness (QED) is 0.458. The van der Waals surface area contributed by atoms with E-state index in [4.69, 9.17) is 4.74 Å². The molecule has 40 heavy (non-hydrogen) atoms. The molecule has 13 heteroatoms. The van der Waals surface area contributed by atoms with E-state index in [1.807, 2.05) is 14.1 Å². The van der Waals surface area contributed by atoms with Gasteiger partial charge in [-0.3, -0.25) is 9.69 Å². The van der Waals surface area contributed by atoms with Gasteiger partial charge in [0.05, 0.1) is 48.2 Å². The minimum absolute atomic E-state index is 0.0148. The molecular weight excluding hydrogens is 525 g/mol. The van der Waals surface area contributed by atoms with Crippen molar-refractivity contribution in [2.45, 2.75) is 18.6 Å². The Hall–Kier alpha value is -3.81. The summed E-state index contributed by atoms with van der Waals surface area (Å²) in [6.07, 6.45) is 1.97. The maximum absolute atomic E-state index is 14.9. The van der Waals surface area contributed by atoms with Crippen LogP contribution in [-0.4, -0.2) is 90.3 Å². The zero-order valence-corrected chi connectivity index (χ0v) is 22.3. The number of nitrogens with one attached hydrogen (secondary N) is 2. The lowest BCUT2D eigenvalue weighted by atomic mass is 9.92. The summed E-state index contributed by atoms with van der Waals surface area (Å²) in [4.78, 5) is 17.2. The smallest absolute Gasteiger partial charge is 0.377 e. The summed E-state index contributed by atoms with van der Waals surface area (Å²) >= 11 is 0. The average Bonchev–Trinajstić information content (AvgIpc) is 3.45. The Morgan fingerprint density at radius 2 is 2.02 bits per heavy atom. The summed E-state index contributed by atoms with van der Waals surface area (Å²) in [7, 11) is 3.78. The molecule has 1 amide bonds. The van der Waals surface area contributed by atoms with Crippen molar-refractivity contribution in [1.29, 1.82) is 0 Å². The van der Waals surface area contributed by atoms with Crippen molar-refractivity contribution >= 4 is 22.9 Å². The highest BCUT2D eigenvalue weighted by Crippen LogP contribution is 2.46. The molecule has 2 N–H and O–H groups in total.